The first-order valence-electron chi connectivity index (χ1n) is 10.4. The molecule has 0 aliphatic carbocycles. The molecule has 3 N–H and O–H groups in total. The first-order chi connectivity index (χ1) is 15.7. The maximum Gasteiger partial charge on any atom is 0.158 e. The number of methoxy groups -OCH3 is 1. The lowest BCUT2D eigenvalue weighted by Gasteiger charge is -2.25. The number of ether oxygens (including phenoxy) is 2. The third kappa shape index (κ3) is 5.56. The predicted molar refractivity (Wildman–Crippen MR) is 122 cm³/mol. The van der Waals surface area contributed by atoms with Crippen molar-refractivity contribution in [2.24, 2.45) is 0 Å². The van der Waals surface area contributed by atoms with Crippen LogP contribution < -0.4 is 16.0 Å². The molecule has 9 heteroatoms. The molecule has 4 rings (SSSR count). The SMILES string of the molecule is COCc1ccc(-c2cnc(Nc3cnc(C#N)cn3)cc2NC[C@H]2CNCCO2)cc1. The minimum atomic E-state index is 0.0923. The summed E-state index contributed by atoms with van der Waals surface area (Å²) in [4.78, 5) is 12.8. The second-order valence-corrected chi connectivity index (χ2v) is 7.35. The van der Waals surface area contributed by atoms with Crippen LogP contribution in [0.5, 0.6) is 0 Å². The van der Waals surface area contributed by atoms with Gasteiger partial charge >= 0.3 is 0 Å². The van der Waals surface area contributed by atoms with Gasteiger partial charge in [-0.05, 0) is 11.1 Å². The van der Waals surface area contributed by atoms with Crippen LogP contribution in [0.4, 0.5) is 17.3 Å². The second kappa shape index (κ2) is 10.6. The molecule has 9 nitrogen and oxygen atoms in total. The number of pyridine rings is 1. The second-order valence-electron chi connectivity index (χ2n) is 7.35. The van der Waals surface area contributed by atoms with Crippen LogP contribution in [-0.2, 0) is 16.1 Å². The molecule has 0 saturated carbocycles. The van der Waals surface area contributed by atoms with Crippen molar-refractivity contribution in [3.8, 4) is 17.2 Å². The highest BCUT2D eigenvalue weighted by Crippen LogP contribution is 2.30. The Bertz CT molecular complexity index is 1060. The summed E-state index contributed by atoms with van der Waals surface area (Å²) in [6.07, 6.45) is 4.85. The zero-order valence-corrected chi connectivity index (χ0v) is 17.8. The minimum absolute atomic E-state index is 0.0923. The molecule has 0 radical (unpaired) electrons. The number of rotatable bonds is 8. The lowest BCUT2D eigenvalue weighted by molar-refractivity contribution is 0.0372. The number of anilines is 3. The van der Waals surface area contributed by atoms with E-state index in [0.717, 1.165) is 35.5 Å². The van der Waals surface area contributed by atoms with E-state index in [1.807, 2.05) is 18.3 Å². The first kappa shape index (κ1) is 21.6. The molecule has 1 saturated heterocycles. The Kier molecular flexibility index (Phi) is 7.19. The molecule has 1 aliphatic heterocycles. The number of aromatic nitrogens is 3. The quantitative estimate of drug-likeness (QED) is 0.495. The fourth-order valence-electron chi connectivity index (χ4n) is 3.40. The van der Waals surface area contributed by atoms with Crippen molar-refractivity contribution in [3.63, 3.8) is 0 Å². The summed E-state index contributed by atoms with van der Waals surface area (Å²) in [6, 6.07) is 12.1. The Balaban J connectivity index is 1.57. The highest BCUT2D eigenvalue weighted by molar-refractivity contribution is 5.79. The average molecular weight is 432 g/mol. The van der Waals surface area contributed by atoms with E-state index < -0.39 is 0 Å². The summed E-state index contributed by atoms with van der Waals surface area (Å²) in [6.45, 7) is 3.64. The number of nitrogens with zero attached hydrogens (tertiary/aromatic N) is 4. The summed E-state index contributed by atoms with van der Waals surface area (Å²) in [5.74, 6) is 1.13. The van der Waals surface area contributed by atoms with Crippen LogP contribution in [0.15, 0.2) is 48.9 Å². The molecular formula is C23H25N7O2. The summed E-state index contributed by atoms with van der Waals surface area (Å²) >= 11 is 0. The molecule has 1 atom stereocenters. The normalized spacial score (nSPS) is 15.7. The van der Waals surface area contributed by atoms with Crippen molar-refractivity contribution >= 4 is 17.3 Å². The van der Waals surface area contributed by atoms with E-state index in [-0.39, 0.29) is 11.8 Å². The van der Waals surface area contributed by atoms with E-state index in [0.29, 0.717) is 31.4 Å². The van der Waals surface area contributed by atoms with Crippen molar-refractivity contribution < 1.29 is 9.47 Å². The molecule has 0 bridgehead atoms. The van der Waals surface area contributed by atoms with Gasteiger partial charge in [0.15, 0.2) is 5.69 Å². The lowest BCUT2D eigenvalue weighted by Crippen LogP contribution is -2.42. The third-order valence-electron chi connectivity index (χ3n) is 5.03. The highest BCUT2D eigenvalue weighted by Gasteiger charge is 2.15. The van der Waals surface area contributed by atoms with Gasteiger partial charge in [0.2, 0.25) is 0 Å². The van der Waals surface area contributed by atoms with Crippen LogP contribution >= 0.6 is 0 Å². The smallest absolute Gasteiger partial charge is 0.158 e. The van der Waals surface area contributed by atoms with Gasteiger partial charge in [-0.2, -0.15) is 5.26 Å². The number of morpholine rings is 1. The third-order valence-corrected chi connectivity index (χ3v) is 5.03. The molecular weight excluding hydrogens is 406 g/mol. The van der Waals surface area contributed by atoms with Crippen LogP contribution in [0, 0.1) is 11.3 Å². The van der Waals surface area contributed by atoms with Crippen molar-refractivity contribution in [1.29, 1.82) is 5.26 Å². The molecule has 3 heterocycles. The summed E-state index contributed by atoms with van der Waals surface area (Å²) < 4.78 is 11.0. The fraction of sp³-hybridized carbons (Fsp3) is 0.304. The first-order valence-corrected chi connectivity index (χ1v) is 10.4. The van der Waals surface area contributed by atoms with E-state index in [1.165, 1.54) is 12.4 Å². The predicted octanol–water partition coefficient (Wildman–Crippen LogP) is 2.70. The van der Waals surface area contributed by atoms with Crippen molar-refractivity contribution in [1.82, 2.24) is 20.3 Å². The average Bonchev–Trinajstić information content (AvgIpc) is 2.85. The van der Waals surface area contributed by atoms with Gasteiger partial charge in [-0.25, -0.2) is 15.0 Å². The Morgan fingerprint density at radius 2 is 2.00 bits per heavy atom. The Morgan fingerprint density at radius 1 is 1.16 bits per heavy atom. The van der Waals surface area contributed by atoms with Crippen molar-refractivity contribution in [3.05, 3.63) is 60.2 Å². The van der Waals surface area contributed by atoms with Crippen molar-refractivity contribution in [2.45, 2.75) is 12.7 Å². The minimum Gasteiger partial charge on any atom is -0.382 e. The number of hydrogen-bond donors (Lipinski definition) is 3. The highest BCUT2D eigenvalue weighted by atomic mass is 16.5. The number of nitriles is 1. The number of benzene rings is 1. The topological polar surface area (TPSA) is 117 Å². The monoisotopic (exact) mass is 431 g/mol. The van der Waals surface area contributed by atoms with Gasteiger partial charge in [-0.1, -0.05) is 24.3 Å². The molecule has 1 aromatic carbocycles. The zero-order chi connectivity index (χ0) is 22.2. The molecule has 1 fully saturated rings. The lowest BCUT2D eigenvalue weighted by atomic mass is 10.0. The van der Waals surface area contributed by atoms with Gasteiger partial charge in [0.25, 0.3) is 0 Å². The van der Waals surface area contributed by atoms with Crippen LogP contribution in [0.3, 0.4) is 0 Å². The molecule has 0 unspecified atom stereocenters. The fourth-order valence-corrected chi connectivity index (χ4v) is 3.40. The van der Waals surface area contributed by atoms with Crippen molar-refractivity contribution in [2.75, 3.05) is 44.0 Å². The standard InChI is InChI=1S/C23H25N7O2/c1-31-15-16-2-4-17(5-3-16)20-13-29-22(30-23-14-26-18(9-24)10-28-23)8-21(20)27-12-19-11-25-6-7-32-19/h2-5,8,10,13-14,19,25H,6-7,11-12,15H2,1H3,(H2,27,28,29,30)/t19-/m1/s1. The Hall–Kier alpha value is -3.58. The molecule has 2 aromatic heterocycles. The van der Waals surface area contributed by atoms with Gasteiger partial charge in [0.1, 0.15) is 17.7 Å². The molecule has 164 valence electrons. The summed E-state index contributed by atoms with van der Waals surface area (Å²) in [7, 11) is 1.69. The van der Waals surface area contributed by atoms with E-state index in [9.17, 15) is 0 Å². The van der Waals surface area contributed by atoms with Gasteiger partial charge in [-0.3, -0.25) is 0 Å². The van der Waals surface area contributed by atoms with Crippen LogP contribution in [0.2, 0.25) is 0 Å². The number of nitrogens with one attached hydrogen (secondary N) is 3. The Labute approximate surface area is 186 Å². The largest absolute Gasteiger partial charge is 0.382 e. The Morgan fingerprint density at radius 3 is 2.69 bits per heavy atom. The molecule has 0 spiro atoms. The maximum atomic E-state index is 8.89. The maximum absolute atomic E-state index is 8.89. The van der Waals surface area contributed by atoms with Gasteiger partial charge < -0.3 is 25.4 Å². The van der Waals surface area contributed by atoms with Crippen LogP contribution in [0.1, 0.15) is 11.3 Å². The van der Waals surface area contributed by atoms with Gasteiger partial charge in [0, 0.05) is 50.3 Å². The molecule has 1 aliphatic rings. The van der Waals surface area contributed by atoms with Gasteiger partial charge in [-0.15, -0.1) is 0 Å². The van der Waals surface area contributed by atoms with Crippen LogP contribution in [-0.4, -0.2) is 54.4 Å². The van der Waals surface area contributed by atoms with E-state index in [2.05, 4.69) is 55.2 Å². The molecule has 0 amide bonds. The number of hydrogen-bond acceptors (Lipinski definition) is 9. The van der Waals surface area contributed by atoms with Gasteiger partial charge in [0.05, 0.1) is 31.7 Å². The van der Waals surface area contributed by atoms with Crippen LogP contribution in [0.25, 0.3) is 11.1 Å². The summed E-state index contributed by atoms with van der Waals surface area (Å²) in [5.41, 5.74) is 4.33. The molecule has 32 heavy (non-hydrogen) atoms. The zero-order valence-electron chi connectivity index (χ0n) is 17.8. The van der Waals surface area contributed by atoms with E-state index in [4.69, 9.17) is 14.7 Å². The molecule has 3 aromatic rings. The van der Waals surface area contributed by atoms with E-state index in [1.54, 1.807) is 7.11 Å². The summed E-state index contributed by atoms with van der Waals surface area (Å²) in [5, 5.41) is 18.9. The van der Waals surface area contributed by atoms with E-state index >= 15 is 0 Å².